The summed E-state index contributed by atoms with van der Waals surface area (Å²) in [4.78, 5) is 26.6. The number of aromatic nitrogens is 3. The highest BCUT2D eigenvalue weighted by molar-refractivity contribution is 5.98. The minimum absolute atomic E-state index is 0.173. The summed E-state index contributed by atoms with van der Waals surface area (Å²) >= 11 is 0. The van der Waals surface area contributed by atoms with E-state index in [1.807, 2.05) is 60.0 Å². The van der Waals surface area contributed by atoms with Crippen molar-refractivity contribution in [3.8, 4) is 16.9 Å². The first-order chi connectivity index (χ1) is 16.2. The Morgan fingerprint density at radius 3 is 2.97 bits per heavy atom. The fourth-order valence-electron chi connectivity index (χ4n) is 3.66. The topological polar surface area (TPSA) is 90.1 Å². The van der Waals surface area contributed by atoms with E-state index >= 15 is 0 Å². The predicted molar refractivity (Wildman–Crippen MR) is 124 cm³/mol. The molecule has 1 aromatic carbocycles. The van der Waals surface area contributed by atoms with Crippen LogP contribution in [-0.4, -0.2) is 45.2 Å². The van der Waals surface area contributed by atoms with Crippen molar-refractivity contribution in [3.05, 3.63) is 84.6 Å². The highest BCUT2D eigenvalue weighted by Crippen LogP contribution is 2.30. The number of hydrogen-bond acceptors (Lipinski definition) is 6. The van der Waals surface area contributed by atoms with E-state index in [4.69, 9.17) is 9.57 Å². The van der Waals surface area contributed by atoms with E-state index in [0.29, 0.717) is 25.1 Å². The Kier molecular flexibility index (Phi) is 5.72. The molecule has 0 radical (unpaired) electrons. The molecule has 1 atom stereocenters. The normalized spacial score (nSPS) is 15.2. The van der Waals surface area contributed by atoms with Crippen molar-refractivity contribution < 1.29 is 14.4 Å². The molecule has 1 aliphatic heterocycles. The van der Waals surface area contributed by atoms with Gasteiger partial charge in [-0.1, -0.05) is 29.4 Å². The van der Waals surface area contributed by atoms with E-state index in [-0.39, 0.29) is 12.0 Å². The summed E-state index contributed by atoms with van der Waals surface area (Å²) in [6.07, 6.45) is 7.48. The number of carbonyl (C=O) groups excluding carboxylic acids is 1. The molecule has 3 aromatic heterocycles. The van der Waals surface area contributed by atoms with Crippen LogP contribution in [0.4, 0.5) is 0 Å². The SMILES string of the molecule is Cc1ccc(-c2ccccc2OCC2CC(CNC(=O)c3ccc4nccn4c3)=NO2)cn1. The minimum atomic E-state index is -0.205. The Morgan fingerprint density at radius 2 is 2.09 bits per heavy atom. The number of hydrogen-bond donors (Lipinski definition) is 1. The van der Waals surface area contributed by atoms with Crippen molar-refractivity contribution >= 4 is 17.3 Å². The molecule has 0 bridgehead atoms. The lowest BCUT2D eigenvalue weighted by Gasteiger charge is -2.14. The van der Waals surface area contributed by atoms with E-state index in [2.05, 4.69) is 20.4 Å². The van der Waals surface area contributed by atoms with Gasteiger partial charge in [-0.05, 0) is 31.2 Å². The van der Waals surface area contributed by atoms with Gasteiger partial charge >= 0.3 is 0 Å². The van der Waals surface area contributed by atoms with Gasteiger partial charge in [-0.3, -0.25) is 9.78 Å². The molecule has 0 saturated heterocycles. The van der Waals surface area contributed by atoms with Crippen LogP contribution in [0.25, 0.3) is 16.8 Å². The van der Waals surface area contributed by atoms with E-state index in [0.717, 1.165) is 33.9 Å². The number of nitrogens with one attached hydrogen (secondary N) is 1. The Balaban J connectivity index is 1.14. The quantitative estimate of drug-likeness (QED) is 0.473. The summed E-state index contributed by atoms with van der Waals surface area (Å²) in [5.41, 5.74) is 5.07. The minimum Gasteiger partial charge on any atom is -0.489 e. The van der Waals surface area contributed by atoms with Crippen LogP contribution < -0.4 is 10.1 Å². The van der Waals surface area contributed by atoms with Gasteiger partial charge < -0.3 is 19.3 Å². The van der Waals surface area contributed by atoms with Crippen molar-refractivity contribution in [3.63, 3.8) is 0 Å². The molecule has 4 heterocycles. The number of imidazole rings is 1. The van der Waals surface area contributed by atoms with Crippen molar-refractivity contribution in [2.75, 3.05) is 13.2 Å². The fraction of sp³-hybridized carbons (Fsp3) is 0.200. The summed E-state index contributed by atoms with van der Waals surface area (Å²) < 4.78 is 7.87. The van der Waals surface area contributed by atoms with Crippen LogP contribution in [-0.2, 0) is 4.84 Å². The molecule has 5 rings (SSSR count). The first-order valence-electron chi connectivity index (χ1n) is 10.7. The van der Waals surface area contributed by atoms with Gasteiger partial charge in [-0.15, -0.1) is 0 Å². The van der Waals surface area contributed by atoms with Gasteiger partial charge in [0.1, 0.15) is 18.0 Å². The third-order valence-corrected chi connectivity index (χ3v) is 5.43. The molecule has 1 amide bonds. The number of fused-ring (bicyclic) bond motifs is 1. The number of benzene rings is 1. The summed E-state index contributed by atoms with van der Waals surface area (Å²) in [6, 6.07) is 15.4. The lowest BCUT2D eigenvalue weighted by Crippen LogP contribution is -2.30. The molecule has 8 nitrogen and oxygen atoms in total. The van der Waals surface area contributed by atoms with Gasteiger partial charge in [0.25, 0.3) is 5.91 Å². The molecule has 0 fully saturated rings. The second-order valence-electron chi connectivity index (χ2n) is 7.88. The lowest BCUT2D eigenvalue weighted by atomic mass is 10.1. The summed E-state index contributed by atoms with van der Waals surface area (Å²) in [5.74, 6) is 0.594. The van der Waals surface area contributed by atoms with Crippen LogP contribution in [0.15, 0.2) is 78.5 Å². The van der Waals surface area contributed by atoms with Gasteiger partial charge in [0, 0.05) is 48.0 Å². The maximum atomic E-state index is 12.5. The van der Waals surface area contributed by atoms with Gasteiger partial charge in [0.15, 0.2) is 6.10 Å². The van der Waals surface area contributed by atoms with Gasteiger partial charge in [0.05, 0.1) is 17.8 Å². The standard InChI is InChI=1S/C25H23N5O3/c1-17-6-7-18(13-27-17)22-4-2-3-5-23(22)32-16-21-12-20(29-33-21)14-28-25(31)19-8-9-24-26-10-11-30(24)15-19/h2-11,13,15,21H,12,14,16H2,1H3,(H,28,31). The van der Waals surface area contributed by atoms with Crippen LogP contribution in [0.3, 0.4) is 0 Å². The monoisotopic (exact) mass is 441 g/mol. The number of pyridine rings is 2. The summed E-state index contributed by atoms with van der Waals surface area (Å²) in [6.45, 7) is 2.64. The highest BCUT2D eigenvalue weighted by Gasteiger charge is 2.23. The van der Waals surface area contributed by atoms with Gasteiger partial charge in [-0.25, -0.2) is 4.98 Å². The smallest absolute Gasteiger partial charge is 0.253 e. The van der Waals surface area contributed by atoms with Crippen LogP contribution >= 0.6 is 0 Å². The van der Waals surface area contributed by atoms with Crippen LogP contribution in [0.2, 0.25) is 0 Å². The lowest BCUT2D eigenvalue weighted by molar-refractivity contribution is 0.0472. The molecule has 1 N–H and O–H groups in total. The Bertz CT molecular complexity index is 1310. The number of nitrogens with zero attached hydrogens (tertiary/aromatic N) is 4. The first kappa shape index (κ1) is 20.7. The molecule has 0 saturated carbocycles. The second kappa shape index (κ2) is 9.12. The fourth-order valence-corrected chi connectivity index (χ4v) is 3.66. The van der Waals surface area contributed by atoms with E-state index in [1.54, 1.807) is 24.7 Å². The molecule has 0 spiro atoms. The number of rotatable bonds is 7. The predicted octanol–water partition coefficient (Wildman–Crippen LogP) is 3.66. The number of amides is 1. The zero-order valence-electron chi connectivity index (χ0n) is 18.1. The summed E-state index contributed by atoms with van der Waals surface area (Å²) in [7, 11) is 0. The molecule has 8 heteroatoms. The van der Waals surface area contributed by atoms with E-state index < -0.39 is 0 Å². The molecular weight excluding hydrogens is 418 g/mol. The first-order valence-corrected chi connectivity index (χ1v) is 10.7. The van der Waals surface area contributed by atoms with Crippen molar-refractivity contribution in [1.29, 1.82) is 0 Å². The molecule has 166 valence electrons. The number of carbonyl (C=O) groups is 1. The molecule has 1 aliphatic rings. The number of ether oxygens (including phenoxy) is 1. The number of aryl methyl sites for hydroxylation is 1. The summed E-state index contributed by atoms with van der Waals surface area (Å²) in [5, 5.41) is 7.02. The zero-order chi connectivity index (χ0) is 22.6. The number of para-hydroxylation sites is 1. The van der Waals surface area contributed by atoms with Gasteiger partial charge in [0.2, 0.25) is 0 Å². The van der Waals surface area contributed by atoms with E-state index in [1.165, 1.54) is 0 Å². The molecule has 33 heavy (non-hydrogen) atoms. The maximum absolute atomic E-state index is 12.5. The molecule has 1 unspecified atom stereocenters. The third-order valence-electron chi connectivity index (χ3n) is 5.43. The average Bonchev–Trinajstić information content (AvgIpc) is 3.51. The van der Waals surface area contributed by atoms with Crippen molar-refractivity contribution in [2.24, 2.45) is 5.16 Å². The van der Waals surface area contributed by atoms with Crippen LogP contribution in [0.5, 0.6) is 5.75 Å². The molecule has 0 aliphatic carbocycles. The zero-order valence-corrected chi connectivity index (χ0v) is 18.1. The molecule has 4 aromatic rings. The van der Waals surface area contributed by atoms with Crippen molar-refractivity contribution in [1.82, 2.24) is 19.7 Å². The highest BCUT2D eigenvalue weighted by atomic mass is 16.7. The van der Waals surface area contributed by atoms with Crippen molar-refractivity contribution in [2.45, 2.75) is 19.4 Å². The number of oxime groups is 1. The van der Waals surface area contributed by atoms with E-state index in [9.17, 15) is 4.79 Å². The van der Waals surface area contributed by atoms with Gasteiger partial charge in [-0.2, -0.15) is 0 Å². The van der Waals surface area contributed by atoms with Crippen LogP contribution in [0, 0.1) is 6.92 Å². The average molecular weight is 441 g/mol. The third kappa shape index (κ3) is 4.69. The second-order valence-corrected chi connectivity index (χ2v) is 7.88. The largest absolute Gasteiger partial charge is 0.489 e. The van der Waals surface area contributed by atoms with Crippen LogP contribution in [0.1, 0.15) is 22.5 Å². The Labute approximate surface area is 190 Å². The Morgan fingerprint density at radius 1 is 1.18 bits per heavy atom. The Hall–Kier alpha value is -4.20. The molecular formula is C25H23N5O3. The maximum Gasteiger partial charge on any atom is 0.253 e.